The monoisotopic (exact) mass is 529 g/mol. The van der Waals surface area contributed by atoms with Crippen LogP contribution in [0.2, 0.25) is 5.02 Å². The van der Waals surface area contributed by atoms with E-state index in [0.29, 0.717) is 43.3 Å². The van der Waals surface area contributed by atoms with Crippen LogP contribution in [0, 0.1) is 5.92 Å². The van der Waals surface area contributed by atoms with Crippen molar-refractivity contribution in [1.29, 1.82) is 0 Å². The summed E-state index contributed by atoms with van der Waals surface area (Å²) in [7, 11) is 0. The lowest BCUT2D eigenvalue weighted by Gasteiger charge is -2.15. The zero-order valence-corrected chi connectivity index (χ0v) is 21.8. The Bertz CT molecular complexity index is 1040. The van der Waals surface area contributed by atoms with Gasteiger partial charge >= 0.3 is 0 Å². The number of carbonyl (C=O) groups excluding carboxylic acids is 1. The van der Waals surface area contributed by atoms with Gasteiger partial charge < -0.3 is 24.6 Å². The summed E-state index contributed by atoms with van der Waals surface area (Å²) in [6, 6.07) is 13.5. The molecule has 0 radical (unpaired) electrons. The van der Waals surface area contributed by atoms with Crippen molar-refractivity contribution in [2.24, 2.45) is 11.0 Å². The molecule has 0 bridgehead atoms. The third-order valence-corrected chi connectivity index (χ3v) is 6.55. The Kier molecular flexibility index (Phi) is 10.6. The predicted octanol–water partition coefficient (Wildman–Crippen LogP) is 3.72. The van der Waals surface area contributed by atoms with Gasteiger partial charge in [-0.05, 0) is 79.6 Å². The standard InChI is InChI=1S/C28H36ClN3O5/c29-25-16-22(26-9-11-28(34)32-31-26)6-10-27(25)36-14-1-13-30-17-23(33)19-37-24-7-4-20(5-8-24)12-15-35-18-21-2-3-21/h4-8,10,16,21,23,30,33H,1-3,9,11-15,17-19H2,(H,32,34). The van der Waals surface area contributed by atoms with Gasteiger partial charge in [0.15, 0.2) is 0 Å². The van der Waals surface area contributed by atoms with Gasteiger partial charge in [0.1, 0.15) is 24.2 Å². The van der Waals surface area contributed by atoms with Crippen LogP contribution in [0.15, 0.2) is 47.6 Å². The molecular formula is C28H36ClN3O5. The largest absolute Gasteiger partial charge is 0.492 e. The first-order valence-electron chi connectivity index (χ1n) is 13.0. The van der Waals surface area contributed by atoms with E-state index >= 15 is 0 Å². The predicted molar refractivity (Wildman–Crippen MR) is 144 cm³/mol. The average Bonchev–Trinajstić information content (AvgIpc) is 3.74. The molecule has 1 fully saturated rings. The Hall–Kier alpha value is -2.65. The second kappa shape index (κ2) is 14.3. The molecule has 1 atom stereocenters. The summed E-state index contributed by atoms with van der Waals surface area (Å²) in [5.74, 6) is 2.08. The number of carbonyl (C=O) groups is 1. The molecule has 4 rings (SSSR count). The van der Waals surface area contributed by atoms with Crippen LogP contribution in [-0.2, 0) is 16.0 Å². The van der Waals surface area contributed by atoms with Gasteiger partial charge in [-0.15, -0.1) is 0 Å². The summed E-state index contributed by atoms with van der Waals surface area (Å²) >= 11 is 6.36. The van der Waals surface area contributed by atoms with E-state index in [0.717, 1.165) is 49.0 Å². The van der Waals surface area contributed by atoms with Crippen molar-refractivity contribution in [1.82, 2.24) is 10.7 Å². The topological polar surface area (TPSA) is 101 Å². The molecule has 200 valence electrons. The van der Waals surface area contributed by atoms with Crippen molar-refractivity contribution in [3.63, 3.8) is 0 Å². The molecule has 9 heteroatoms. The minimum Gasteiger partial charge on any atom is -0.492 e. The minimum atomic E-state index is -0.606. The van der Waals surface area contributed by atoms with E-state index in [-0.39, 0.29) is 12.5 Å². The summed E-state index contributed by atoms with van der Waals surface area (Å²) in [6.45, 7) is 3.50. The summed E-state index contributed by atoms with van der Waals surface area (Å²) in [6.07, 6.45) is 4.70. The van der Waals surface area contributed by atoms with Crippen molar-refractivity contribution >= 4 is 23.2 Å². The Labute approximate surface area is 223 Å². The smallest absolute Gasteiger partial charge is 0.240 e. The Morgan fingerprint density at radius 3 is 2.68 bits per heavy atom. The number of amides is 1. The highest BCUT2D eigenvalue weighted by atomic mass is 35.5. The molecule has 2 aliphatic rings. The lowest BCUT2D eigenvalue weighted by Crippen LogP contribution is -2.32. The van der Waals surface area contributed by atoms with Crippen LogP contribution >= 0.6 is 11.6 Å². The average molecular weight is 530 g/mol. The van der Waals surface area contributed by atoms with E-state index in [9.17, 15) is 9.90 Å². The maximum Gasteiger partial charge on any atom is 0.240 e. The Morgan fingerprint density at radius 1 is 1.11 bits per heavy atom. The Balaban J connectivity index is 1.04. The first-order valence-corrected chi connectivity index (χ1v) is 13.4. The molecule has 2 aromatic rings. The summed E-state index contributed by atoms with van der Waals surface area (Å²) < 4.78 is 17.2. The van der Waals surface area contributed by atoms with Gasteiger partial charge in [-0.3, -0.25) is 4.79 Å². The number of aliphatic hydroxyl groups excluding tert-OH is 1. The number of nitrogens with zero attached hydrogens (tertiary/aromatic N) is 1. The minimum absolute atomic E-state index is 0.0749. The maximum absolute atomic E-state index is 11.2. The van der Waals surface area contributed by atoms with Crippen LogP contribution in [0.25, 0.3) is 0 Å². The van der Waals surface area contributed by atoms with Crippen molar-refractivity contribution < 1.29 is 24.1 Å². The number of nitrogens with one attached hydrogen (secondary N) is 2. The lowest BCUT2D eigenvalue weighted by atomic mass is 10.0. The fraction of sp³-hybridized carbons (Fsp3) is 0.500. The van der Waals surface area contributed by atoms with E-state index in [4.69, 9.17) is 25.8 Å². The van der Waals surface area contributed by atoms with Gasteiger partial charge in [0.25, 0.3) is 0 Å². The molecule has 1 aliphatic carbocycles. The molecule has 8 nitrogen and oxygen atoms in total. The van der Waals surface area contributed by atoms with Crippen LogP contribution in [0.4, 0.5) is 0 Å². The zero-order valence-electron chi connectivity index (χ0n) is 21.1. The number of aliphatic hydroxyl groups is 1. The lowest BCUT2D eigenvalue weighted by molar-refractivity contribution is -0.121. The van der Waals surface area contributed by atoms with Gasteiger partial charge in [0.2, 0.25) is 5.91 Å². The summed E-state index contributed by atoms with van der Waals surface area (Å²) in [5, 5.41) is 18.0. The number of hydrazone groups is 1. The zero-order chi connectivity index (χ0) is 25.9. The van der Waals surface area contributed by atoms with Crippen molar-refractivity contribution in [3.8, 4) is 11.5 Å². The normalized spacial score (nSPS) is 16.2. The first-order chi connectivity index (χ1) is 18.1. The molecule has 0 saturated heterocycles. The molecule has 2 aromatic carbocycles. The maximum atomic E-state index is 11.2. The molecule has 1 amide bonds. The van der Waals surface area contributed by atoms with E-state index < -0.39 is 6.10 Å². The second-order valence-corrected chi connectivity index (χ2v) is 9.93. The van der Waals surface area contributed by atoms with Gasteiger partial charge in [-0.25, -0.2) is 5.43 Å². The van der Waals surface area contributed by atoms with E-state index in [1.807, 2.05) is 36.4 Å². The molecule has 0 aromatic heterocycles. The molecular weight excluding hydrogens is 494 g/mol. The molecule has 1 saturated carbocycles. The van der Waals surface area contributed by atoms with Crippen molar-refractivity contribution in [3.05, 3.63) is 58.6 Å². The van der Waals surface area contributed by atoms with Crippen molar-refractivity contribution in [2.75, 3.05) is 39.5 Å². The number of rotatable bonds is 16. The van der Waals surface area contributed by atoms with Crippen LogP contribution < -0.4 is 20.2 Å². The van der Waals surface area contributed by atoms with Gasteiger partial charge in [-0.2, -0.15) is 5.10 Å². The van der Waals surface area contributed by atoms with Crippen LogP contribution in [0.1, 0.15) is 43.2 Å². The molecule has 37 heavy (non-hydrogen) atoms. The molecule has 1 aliphatic heterocycles. The number of ether oxygens (including phenoxy) is 3. The van der Waals surface area contributed by atoms with E-state index in [1.165, 1.54) is 18.4 Å². The van der Waals surface area contributed by atoms with Crippen molar-refractivity contribution in [2.45, 2.75) is 44.6 Å². The van der Waals surface area contributed by atoms with Crippen LogP contribution in [-0.4, -0.2) is 62.3 Å². The fourth-order valence-corrected chi connectivity index (χ4v) is 4.09. The number of hydrogen-bond acceptors (Lipinski definition) is 7. The SMILES string of the molecule is O=C1CCC(c2ccc(OCCCNCC(O)COc3ccc(CCOCC4CC4)cc3)c(Cl)c2)=NN1. The molecule has 1 heterocycles. The molecule has 1 unspecified atom stereocenters. The number of hydrogen-bond donors (Lipinski definition) is 3. The highest BCUT2D eigenvalue weighted by Crippen LogP contribution is 2.29. The first kappa shape index (κ1) is 27.4. The number of benzene rings is 2. The fourth-order valence-electron chi connectivity index (χ4n) is 3.86. The van der Waals surface area contributed by atoms with Gasteiger partial charge in [0.05, 0.1) is 23.9 Å². The quantitative estimate of drug-likeness (QED) is 0.286. The van der Waals surface area contributed by atoms with E-state index in [2.05, 4.69) is 15.8 Å². The summed E-state index contributed by atoms with van der Waals surface area (Å²) in [4.78, 5) is 11.2. The van der Waals surface area contributed by atoms with Crippen LogP contribution in [0.5, 0.6) is 11.5 Å². The molecule has 0 spiro atoms. The number of halogens is 1. The highest BCUT2D eigenvalue weighted by molar-refractivity contribution is 6.32. The molecule has 3 N–H and O–H groups in total. The van der Waals surface area contributed by atoms with Crippen LogP contribution in [0.3, 0.4) is 0 Å². The Morgan fingerprint density at radius 2 is 1.95 bits per heavy atom. The highest BCUT2D eigenvalue weighted by Gasteiger charge is 2.20. The second-order valence-electron chi connectivity index (χ2n) is 9.52. The van der Waals surface area contributed by atoms with Gasteiger partial charge in [0, 0.05) is 26.0 Å². The third kappa shape index (κ3) is 9.63. The summed E-state index contributed by atoms with van der Waals surface area (Å²) in [5.41, 5.74) is 5.40. The third-order valence-electron chi connectivity index (χ3n) is 6.26. The van der Waals surface area contributed by atoms with Gasteiger partial charge in [-0.1, -0.05) is 23.7 Å². The van der Waals surface area contributed by atoms with E-state index in [1.54, 1.807) is 6.07 Å².